The minimum Gasteiger partial charge on any atom is -0.327 e. The SMILES string of the molecule is CC(C)N(CC(=O)Nc1cc(C(C)(C)C)nn1-c1ccc(Cl)c(Cl)c1)C(=O)c1ccccc1. The molecule has 0 fully saturated rings. The average Bonchev–Trinajstić information content (AvgIpc) is 3.18. The highest BCUT2D eigenvalue weighted by Crippen LogP contribution is 2.29. The number of rotatable bonds is 6. The Balaban J connectivity index is 1.89. The molecule has 1 aromatic heterocycles. The first-order valence-corrected chi connectivity index (χ1v) is 11.4. The van der Waals surface area contributed by atoms with Gasteiger partial charge in [-0.1, -0.05) is 62.2 Å². The van der Waals surface area contributed by atoms with Gasteiger partial charge in [-0.05, 0) is 44.2 Å². The molecule has 3 rings (SSSR count). The molecule has 0 aliphatic carbocycles. The molecule has 0 spiro atoms. The molecule has 0 unspecified atom stereocenters. The van der Waals surface area contributed by atoms with Gasteiger partial charge < -0.3 is 10.2 Å². The predicted molar refractivity (Wildman–Crippen MR) is 134 cm³/mol. The third-order valence-electron chi connectivity index (χ3n) is 5.11. The smallest absolute Gasteiger partial charge is 0.254 e. The summed E-state index contributed by atoms with van der Waals surface area (Å²) in [6, 6.07) is 15.8. The number of benzene rings is 2. The number of carbonyl (C=O) groups is 2. The Kier molecular flexibility index (Phi) is 7.50. The molecule has 0 saturated carbocycles. The van der Waals surface area contributed by atoms with Crippen LogP contribution in [0.3, 0.4) is 0 Å². The van der Waals surface area contributed by atoms with E-state index in [1.807, 2.05) is 46.8 Å². The van der Waals surface area contributed by atoms with E-state index in [4.69, 9.17) is 28.3 Å². The molecule has 0 aliphatic heterocycles. The van der Waals surface area contributed by atoms with E-state index in [-0.39, 0.29) is 29.8 Å². The van der Waals surface area contributed by atoms with E-state index in [9.17, 15) is 9.59 Å². The largest absolute Gasteiger partial charge is 0.327 e. The summed E-state index contributed by atoms with van der Waals surface area (Å²) in [5.41, 5.74) is 1.75. The third-order valence-corrected chi connectivity index (χ3v) is 5.85. The molecule has 174 valence electrons. The Morgan fingerprint density at radius 3 is 2.27 bits per heavy atom. The predicted octanol–water partition coefficient (Wildman–Crippen LogP) is 5.97. The molecule has 1 heterocycles. The van der Waals surface area contributed by atoms with Gasteiger partial charge >= 0.3 is 0 Å². The number of carbonyl (C=O) groups excluding carboxylic acids is 2. The van der Waals surface area contributed by atoms with Crippen LogP contribution in [0, 0.1) is 0 Å². The number of anilines is 1. The van der Waals surface area contributed by atoms with Crippen molar-refractivity contribution in [2.45, 2.75) is 46.1 Å². The van der Waals surface area contributed by atoms with E-state index in [1.165, 1.54) is 4.90 Å². The molecule has 1 N–H and O–H groups in total. The number of hydrogen-bond donors (Lipinski definition) is 1. The summed E-state index contributed by atoms with van der Waals surface area (Å²) in [6.45, 7) is 9.79. The topological polar surface area (TPSA) is 67.2 Å². The van der Waals surface area contributed by atoms with Gasteiger partial charge in [0.2, 0.25) is 5.91 Å². The zero-order valence-electron chi connectivity index (χ0n) is 19.4. The summed E-state index contributed by atoms with van der Waals surface area (Å²) in [4.78, 5) is 27.5. The Hall–Kier alpha value is -2.83. The number of hydrogen-bond acceptors (Lipinski definition) is 3. The van der Waals surface area contributed by atoms with Crippen LogP contribution in [0.25, 0.3) is 5.69 Å². The molecular weight excluding hydrogens is 459 g/mol. The molecule has 8 heteroatoms. The number of aromatic nitrogens is 2. The Morgan fingerprint density at radius 1 is 1.03 bits per heavy atom. The molecule has 0 radical (unpaired) electrons. The molecule has 33 heavy (non-hydrogen) atoms. The van der Waals surface area contributed by atoms with Crippen molar-refractivity contribution in [2.24, 2.45) is 0 Å². The van der Waals surface area contributed by atoms with Crippen molar-refractivity contribution >= 4 is 40.8 Å². The van der Waals surface area contributed by atoms with Crippen LogP contribution in [0.2, 0.25) is 10.0 Å². The second kappa shape index (κ2) is 9.98. The monoisotopic (exact) mass is 486 g/mol. The normalized spacial score (nSPS) is 11.5. The van der Waals surface area contributed by atoms with Gasteiger partial charge in [0.25, 0.3) is 5.91 Å². The summed E-state index contributed by atoms with van der Waals surface area (Å²) in [5.74, 6) is -0.0389. The molecule has 3 aromatic rings. The van der Waals surface area contributed by atoms with Crippen LogP contribution >= 0.6 is 23.2 Å². The van der Waals surface area contributed by atoms with E-state index < -0.39 is 0 Å². The molecule has 0 aliphatic rings. The van der Waals surface area contributed by atoms with Crippen molar-refractivity contribution in [2.75, 3.05) is 11.9 Å². The minimum atomic E-state index is -0.324. The van der Waals surface area contributed by atoms with Crippen molar-refractivity contribution < 1.29 is 9.59 Å². The lowest BCUT2D eigenvalue weighted by molar-refractivity contribution is -0.117. The van der Waals surface area contributed by atoms with Gasteiger partial charge in [-0.25, -0.2) is 4.68 Å². The lowest BCUT2D eigenvalue weighted by Gasteiger charge is -2.26. The Bertz CT molecular complexity index is 1150. The minimum absolute atomic E-state index is 0.0944. The lowest BCUT2D eigenvalue weighted by Crippen LogP contribution is -2.42. The van der Waals surface area contributed by atoms with Crippen molar-refractivity contribution in [3.8, 4) is 5.69 Å². The van der Waals surface area contributed by atoms with Crippen LogP contribution in [0.1, 0.15) is 50.7 Å². The summed E-state index contributed by atoms with van der Waals surface area (Å²) < 4.78 is 1.62. The standard InChI is InChI=1S/C25H28Cl2N4O2/c1-16(2)30(24(33)17-9-7-6-8-10-17)15-23(32)28-22-14-21(25(3,4)5)29-31(22)18-11-12-19(26)20(27)13-18/h6-14,16H,15H2,1-5H3,(H,28,32). The maximum Gasteiger partial charge on any atom is 0.254 e. The zero-order valence-corrected chi connectivity index (χ0v) is 20.9. The summed E-state index contributed by atoms with van der Waals surface area (Å²) in [5, 5.41) is 8.43. The first-order valence-electron chi connectivity index (χ1n) is 10.7. The van der Waals surface area contributed by atoms with Gasteiger partial charge in [0.05, 0.1) is 21.4 Å². The van der Waals surface area contributed by atoms with Crippen molar-refractivity contribution in [3.05, 3.63) is 75.9 Å². The fourth-order valence-corrected chi connectivity index (χ4v) is 3.52. The van der Waals surface area contributed by atoms with Crippen molar-refractivity contribution in [1.82, 2.24) is 14.7 Å². The van der Waals surface area contributed by atoms with Crippen LogP contribution in [-0.4, -0.2) is 39.1 Å². The number of nitrogens with zero attached hydrogens (tertiary/aromatic N) is 3. The number of amides is 2. The van der Waals surface area contributed by atoms with E-state index in [0.29, 0.717) is 27.1 Å². The average molecular weight is 487 g/mol. The fraction of sp³-hybridized carbons (Fsp3) is 0.320. The lowest BCUT2D eigenvalue weighted by atomic mass is 9.92. The molecule has 0 bridgehead atoms. The van der Waals surface area contributed by atoms with Gasteiger partial charge in [-0.3, -0.25) is 9.59 Å². The van der Waals surface area contributed by atoms with E-state index in [1.54, 1.807) is 47.1 Å². The van der Waals surface area contributed by atoms with Crippen LogP contribution in [0.4, 0.5) is 5.82 Å². The van der Waals surface area contributed by atoms with Crippen LogP contribution in [0.5, 0.6) is 0 Å². The Labute approximate surface area is 204 Å². The Morgan fingerprint density at radius 2 is 1.70 bits per heavy atom. The summed E-state index contributed by atoms with van der Waals surface area (Å²) >= 11 is 12.3. The maximum atomic E-state index is 13.0. The second-order valence-corrected chi connectivity index (χ2v) is 9.93. The molecule has 0 saturated heterocycles. The van der Waals surface area contributed by atoms with Crippen molar-refractivity contribution in [3.63, 3.8) is 0 Å². The summed E-state index contributed by atoms with van der Waals surface area (Å²) in [7, 11) is 0. The van der Waals surface area contributed by atoms with E-state index in [0.717, 1.165) is 5.69 Å². The van der Waals surface area contributed by atoms with E-state index in [2.05, 4.69) is 5.32 Å². The van der Waals surface area contributed by atoms with Gasteiger partial charge in [0, 0.05) is 23.1 Å². The summed E-state index contributed by atoms with van der Waals surface area (Å²) in [6.07, 6.45) is 0. The molecule has 2 amide bonds. The highest BCUT2D eigenvalue weighted by molar-refractivity contribution is 6.42. The van der Waals surface area contributed by atoms with Gasteiger partial charge in [-0.2, -0.15) is 5.10 Å². The van der Waals surface area contributed by atoms with Gasteiger partial charge in [0.1, 0.15) is 12.4 Å². The van der Waals surface area contributed by atoms with Gasteiger partial charge in [0.15, 0.2) is 0 Å². The first-order chi connectivity index (χ1) is 15.5. The molecule has 0 atom stereocenters. The van der Waals surface area contributed by atoms with Crippen LogP contribution in [-0.2, 0) is 10.2 Å². The maximum absolute atomic E-state index is 13.0. The zero-order chi connectivity index (χ0) is 24.3. The number of halogens is 2. The van der Waals surface area contributed by atoms with E-state index >= 15 is 0 Å². The van der Waals surface area contributed by atoms with Crippen molar-refractivity contribution in [1.29, 1.82) is 0 Å². The molecule has 6 nitrogen and oxygen atoms in total. The van der Waals surface area contributed by atoms with Crippen LogP contribution in [0.15, 0.2) is 54.6 Å². The highest BCUT2D eigenvalue weighted by Gasteiger charge is 2.25. The first kappa shape index (κ1) is 24.8. The second-order valence-electron chi connectivity index (χ2n) is 9.12. The van der Waals surface area contributed by atoms with Gasteiger partial charge in [-0.15, -0.1) is 0 Å². The third kappa shape index (κ3) is 5.95. The quantitative estimate of drug-likeness (QED) is 0.466. The number of nitrogens with one attached hydrogen (secondary N) is 1. The van der Waals surface area contributed by atoms with Crippen LogP contribution < -0.4 is 5.32 Å². The molecule has 2 aromatic carbocycles. The molecular formula is C25H28Cl2N4O2. The highest BCUT2D eigenvalue weighted by atomic mass is 35.5. The fourth-order valence-electron chi connectivity index (χ4n) is 3.22.